The highest BCUT2D eigenvalue weighted by Crippen LogP contribution is 2.39. The number of rotatable bonds is 8. The third-order valence-electron chi connectivity index (χ3n) is 6.54. The van der Waals surface area contributed by atoms with Crippen LogP contribution in [0.5, 0.6) is 5.75 Å². The number of nitrogens with zero attached hydrogens (tertiary/aromatic N) is 1. The molecule has 1 aromatic heterocycles. The highest BCUT2D eigenvalue weighted by atomic mass is 32.2. The number of aryl methyl sites for hydroxylation is 3. The molecule has 1 aromatic carbocycles. The standard InChI is InChI=1S/C24H33NO3S2/c1-4-5-6-19-7-11-22(12-8-19)28-23-14-20-9-10-21(15-23)25(20)16-30(26,27)24-13-17(2)29-18(24)3/h7-8,11-13,20-21,23H,4-6,9-10,14-16H2,1-3H3/t20-,21?,23?/m1/s1. The van der Waals surface area contributed by atoms with Gasteiger partial charge in [0.2, 0.25) is 0 Å². The van der Waals surface area contributed by atoms with Gasteiger partial charge in [0.05, 0.1) is 4.90 Å². The summed E-state index contributed by atoms with van der Waals surface area (Å²) in [6, 6.07) is 11.0. The molecule has 2 unspecified atom stereocenters. The van der Waals surface area contributed by atoms with E-state index in [4.69, 9.17) is 4.74 Å². The summed E-state index contributed by atoms with van der Waals surface area (Å²) in [4.78, 5) is 4.71. The molecule has 0 radical (unpaired) electrons. The van der Waals surface area contributed by atoms with Crippen LogP contribution in [-0.4, -0.2) is 37.4 Å². The predicted octanol–water partition coefficient (Wildman–Crippen LogP) is 5.51. The fourth-order valence-electron chi connectivity index (χ4n) is 5.02. The number of hydrogen-bond acceptors (Lipinski definition) is 5. The number of sulfone groups is 1. The minimum absolute atomic E-state index is 0.137. The fraction of sp³-hybridized carbons (Fsp3) is 0.583. The van der Waals surface area contributed by atoms with Crippen molar-refractivity contribution in [1.82, 2.24) is 4.90 Å². The van der Waals surface area contributed by atoms with Crippen LogP contribution in [0.15, 0.2) is 35.2 Å². The summed E-state index contributed by atoms with van der Waals surface area (Å²) in [7, 11) is -3.29. The van der Waals surface area contributed by atoms with Crippen molar-refractivity contribution in [3.63, 3.8) is 0 Å². The zero-order valence-electron chi connectivity index (χ0n) is 18.3. The minimum atomic E-state index is -3.29. The highest BCUT2D eigenvalue weighted by molar-refractivity contribution is 7.91. The zero-order chi connectivity index (χ0) is 21.3. The Labute approximate surface area is 185 Å². The van der Waals surface area contributed by atoms with Crippen LogP contribution in [0.2, 0.25) is 0 Å². The SMILES string of the molecule is CCCCc1ccc(OC2CC3CC[C@H](C2)N3CS(=O)(=O)c2cc(C)sc2C)cc1. The summed E-state index contributed by atoms with van der Waals surface area (Å²) in [6.45, 7) is 6.10. The molecule has 0 saturated carbocycles. The normalized spacial score (nSPS) is 24.3. The lowest BCUT2D eigenvalue weighted by molar-refractivity contribution is 0.0609. The van der Waals surface area contributed by atoms with E-state index in [0.717, 1.165) is 47.6 Å². The number of piperidine rings is 1. The number of hydrogen-bond donors (Lipinski definition) is 0. The van der Waals surface area contributed by atoms with Gasteiger partial charge in [0.25, 0.3) is 0 Å². The van der Waals surface area contributed by atoms with Gasteiger partial charge < -0.3 is 4.74 Å². The molecule has 2 bridgehead atoms. The summed E-state index contributed by atoms with van der Waals surface area (Å²) in [5.41, 5.74) is 1.36. The van der Waals surface area contributed by atoms with Crippen molar-refractivity contribution in [2.24, 2.45) is 0 Å². The van der Waals surface area contributed by atoms with E-state index in [2.05, 4.69) is 36.1 Å². The fourth-order valence-corrected chi connectivity index (χ4v) is 8.17. The minimum Gasteiger partial charge on any atom is -0.490 e. The molecule has 2 fully saturated rings. The smallest absolute Gasteiger partial charge is 0.192 e. The summed E-state index contributed by atoms with van der Waals surface area (Å²) in [6.07, 6.45) is 7.67. The molecule has 164 valence electrons. The number of fused-ring (bicyclic) bond motifs is 2. The first-order valence-electron chi connectivity index (χ1n) is 11.2. The molecule has 3 heterocycles. The van der Waals surface area contributed by atoms with E-state index in [1.807, 2.05) is 19.9 Å². The first-order valence-corrected chi connectivity index (χ1v) is 13.6. The lowest BCUT2D eigenvalue weighted by atomic mass is 10.0. The molecule has 4 nitrogen and oxygen atoms in total. The van der Waals surface area contributed by atoms with Gasteiger partial charge in [0, 0.05) is 21.8 Å². The lowest BCUT2D eigenvalue weighted by Gasteiger charge is -2.38. The van der Waals surface area contributed by atoms with Crippen LogP contribution in [-0.2, 0) is 16.3 Å². The van der Waals surface area contributed by atoms with Gasteiger partial charge in [-0.05, 0) is 76.1 Å². The second kappa shape index (κ2) is 9.01. The molecule has 3 atom stereocenters. The van der Waals surface area contributed by atoms with Gasteiger partial charge >= 0.3 is 0 Å². The van der Waals surface area contributed by atoms with E-state index in [-0.39, 0.29) is 12.0 Å². The van der Waals surface area contributed by atoms with Gasteiger partial charge in [0.15, 0.2) is 9.84 Å². The predicted molar refractivity (Wildman–Crippen MR) is 123 cm³/mol. The molecule has 2 aromatic rings. The summed E-state index contributed by atoms with van der Waals surface area (Å²) >= 11 is 1.56. The molecule has 6 heteroatoms. The Balaban J connectivity index is 1.38. The van der Waals surface area contributed by atoms with Gasteiger partial charge in [-0.2, -0.15) is 0 Å². The van der Waals surface area contributed by atoms with Crippen molar-refractivity contribution in [2.45, 2.75) is 88.8 Å². The molecule has 4 rings (SSSR count). The van der Waals surface area contributed by atoms with Crippen molar-refractivity contribution in [3.8, 4) is 5.75 Å². The van der Waals surface area contributed by atoms with E-state index in [9.17, 15) is 8.42 Å². The van der Waals surface area contributed by atoms with E-state index in [0.29, 0.717) is 17.0 Å². The Morgan fingerprint density at radius 3 is 2.33 bits per heavy atom. The third kappa shape index (κ3) is 4.76. The lowest BCUT2D eigenvalue weighted by Crippen LogP contribution is -2.48. The summed E-state index contributed by atoms with van der Waals surface area (Å²) in [5.74, 6) is 1.07. The first-order chi connectivity index (χ1) is 14.4. The van der Waals surface area contributed by atoms with E-state index in [1.54, 1.807) is 11.3 Å². The maximum absolute atomic E-state index is 13.1. The quantitative estimate of drug-likeness (QED) is 0.535. The summed E-state index contributed by atoms with van der Waals surface area (Å²) in [5, 5.41) is 0. The molecular formula is C24H33NO3S2. The molecule has 2 saturated heterocycles. The van der Waals surface area contributed by atoms with Crippen molar-refractivity contribution in [1.29, 1.82) is 0 Å². The molecule has 2 aliphatic rings. The van der Waals surface area contributed by atoms with Crippen molar-refractivity contribution >= 4 is 21.2 Å². The van der Waals surface area contributed by atoms with Gasteiger partial charge in [-0.3, -0.25) is 4.90 Å². The molecule has 0 aliphatic carbocycles. The van der Waals surface area contributed by atoms with E-state index < -0.39 is 9.84 Å². The monoisotopic (exact) mass is 447 g/mol. The molecule has 0 spiro atoms. The van der Waals surface area contributed by atoms with Crippen molar-refractivity contribution in [3.05, 3.63) is 45.6 Å². The Hall–Kier alpha value is -1.37. The molecular weight excluding hydrogens is 414 g/mol. The van der Waals surface area contributed by atoms with Crippen LogP contribution in [0.4, 0.5) is 0 Å². The van der Waals surface area contributed by atoms with Crippen molar-refractivity contribution in [2.75, 3.05) is 5.88 Å². The van der Waals surface area contributed by atoms with Gasteiger partial charge in [0.1, 0.15) is 17.7 Å². The Morgan fingerprint density at radius 2 is 1.77 bits per heavy atom. The topological polar surface area (TPSA) is 46.6 Å². The van der Waals surface area contributed by atoms with Crippen LogP contribution in [0.3, 0.4) is 0 Å². The van der Waals surface area contributed by atoms with Crippen molar-refractivity contribution < 1.29 is 13.2 Å². The van der Waals surface area contributed by atoms with E-state index >= 15 is 0 Å². The average molecular weight is 448 g/mol. The van der Waals surface area contributed by atoms with Crippen LogP contribution in [0.25, 0.3) is 0 Å². The second-order valence-corrected chi connectivity index (χ2v) is 12.3. The van der Waals surface area contributed by atoms with Crippen LogP contribution in [0, 0.1) is 13.8 Å². The molecule has 2 aliphatic heterocycles. The first kappa shape index (κ1) is 21.8. The number of unbranched alkanes of at least 4 members (excludes halogenated alkanes) is 1. The number of benzene rings is 1. The Bertz CT molecular complexity index is 951. The third-order valence-corrected chi connectivity index (χ3v) is 9.36. The maximum atomic E-state index is 13.1. The summed E-state index contributed by atoms with van der Waals surface area (Å²) < 4.78 is 32.4. The average Bonchev–Trinajstić information content (AvgIpc) is 3.15. The maximum Gasteiger partial charge on any atom is 0.192 e. The van der Waals surface area contributed by atoms with Gasteiger partial charge in [-0.1, -0.05) is 25.5 Å². The molecule has 0 N–H and O–H groups in total. The number of ether oxygens (including phenoxy) is 1. The van der Waals surface area contributed by atoms with Crippen LogP contribution in [0.1, 0.15) is 60.8 Å². The highest BCUT2D eigenvalue weighted by Gasteiger charge is 2.43. The Morgan fingerprint density at radius 1 is 1.10 bits per heavy atom. The molecule has 30 heavy (non-hydrogen) atoms. The largest absolute Gasteiger partial charge is 0.490 e. The zero-order valence-corrected chi connectivity index (χ0v) is 19.9. The van der Waals surface area contributed by atoms with Crippen LogP contribution >= 0.6 is 11.3 Å². The van der Waals surface area contributed by atoms with Gasteiger partial charge in [-0.25, -0.2) is 8.42 Å². The van der Waals surface area contributed by atoms with E-state index in [1.165, 1.54) is 18.4 Å². The van der Waals surface area contributed by atoms with Crippen LogP contribution < -0.4 is 4.74 Å². The van der Waals surface area contributed by atoms with Gasteiger partial charge in [-0.15, -0.1) is 11.3 Å². The molecule has 0 amide bonds. The Kier molecular flexibility index (Phi) is 6.56. The second-order valence-electron chi connectivity index (χ2n) is 8.88. The number of thiophene rings is 1.